The van der Waals surface area contributed by atoms with Gasteiger partial charge in [0.2, 0.25) is 5.91 Å². The Balaban J connectivity index is 1.72. The van der Waals surface area contributed by atoms with Crippen LogP contribution in [0.5, 0.6) is 0 Å². The largest absolute Gasteiger partial charge is 0.340 e. The van der Waals surface area contributed by atoms with Gasteiger partial charge in [-0.05, 0) is 18.9 Å². The van der Waals surface area contributed by atoms with Crippen molar-refractivity contribution in [2.75, 3.05) is 0 Å². The summed E-state index contributed by atoms with van der Waals surface area (Å²) in [5.74, 6) is 0.494. The summed E-state index contributed by atoms with van der Waals surface area (Å²) in [5, 5.41) is 13.9. The summed E-state index contributed by atoms with van der Waals surface area (Å²) in [5.41, 5.74) is 0.766. The van der Waals surface area contributed by atoms with Gasteiger partial charge in [-0.3, -0.25) is 4.79 Å². The van der Waals surface area contributed by atoms with Gasteiger partial charge in [-0.2, -0.15) is 5.21 Å². The first-order chi connectivity index (χ1) is 10.7. The molecule has 8 nitrogen and oxygen atoms in total. The smallest absolute Gasteiger partial charge is 0.247 e. The van der Waals surface area contributed by atoms with Crippen molar-refractivity contribution in [3.05, 3.63) is 30.1 Å². The average Bonchev–Trinajstić information content (AvgIpc) is 3.24. The predicted octanol–water partition coefficient (Wildman–Crippen LogP) is 0.918. The van der Waals surface area contributed by atoms with E-state index in [1.54, 1.807) is 18.5 Å². The maximum atomic E-state index is 12.6. The van der Waals surface area contributed by atoms with Crippen molar-refractivity contribution < 1.29 is 4.79 Å². The second-order valence-corrected chi connectivity index (χ2v) is 5.53. The van der Waals surface area contributed by atoms with Crippen molar-refractivity contribution in [3.63, 3.8) is 0 Å². The third kappa shape index (κ3) is 3.38. The van der Waals surface area contributed by atoms with Crippen molar-refractivity contribution in [3.8, 4) is 0 Å². The fraction of sp³-hybridized carbons (Fsp3) is 0.500. The van der Waals surface area contributed by atoms with Crippen LogP contribution < -0.4 is 0 Å². The molecule has 0 unspecified atom stereocenters. The Kier molecular flexibility index (Phi) is 4.27. The van der Waals surface area contributed by atoms with E-state index in [0.717, 1.165) is 31.4 Å². The molecule has 0 saturated heterocycles. The van der Waals surface area contributed by atoms with Gasteiger partial charge in [-0.15, -0.1) is 10.2 Å². The first-order valence-electron chi connectivity index (χ1n) is 7.41. The Morgan fingerprint density at radius 3 is 2.95 bits per heavy atom. The Bertz CT molecular complexity index is 640. The molecule has 0 radical (unpaired) electrons. The molecule has 0 bridgehead atoms. The summed E-state index contributed by atoms with van der Waals surface area (Å²) in [6, 6.07) is 0.249. The highest BCUT2D eigenvalue weighted by molar-refractivity contribution is 5.91. The second kappa shape index (κ2) is 6.50. The van der Waals surface area contributed by atoms with Gasteiger partial charge in [-0.25, -0.2) is 4.98 Å². The maximum Gasteiger partial charge on any atom is 0.247 e. The lowest BCUT2D eigenvalue weighted by Gasteiger charge is -2.26. The van der Waals surface area contributed by atoms with Gasteiger partial charge in [0.1, 0.15) is 0 Å². The Morgan fingerprint density at radius 1 is 1.50 bits per heavy atom. The standard InChI is InChI=1S/C14H19N7O/c1-20-8-11(15-10-20)6-7-14(22)21(12-4-2-3-5-12)9-13-16-18-19-17-13/h6-8,10,12H,2-5,9H2,1H3,(H,16,17,18,19)/b7-6+. The minimum atomic E-state index is -0.0395. The number of nitrogens with zero attached hydrogens (tertiary/aromatic N) is 6. The number of aromatic nitrogens is 6. The summed E-state index contributed by atoms with van der Waals surface area (Å²) in [4.78, 5) is 18.6. The van der Waals surface area contributed by atoms with Gasteiger partial charge in [-0.1, -0.05) is 18.1 Å². The molecule has 0 atom stereocenters. The molecule has 2 heterocycles. The molecule has 1 amide bonds. The topological polar surface area (TPSA) is 92.6 Å². The van der Waals surface area contributed by atoms with Crippen molar-refractivity contribution in [2.24, 2.45) is 7.05 Å². The fourth-order valence-electron chi connectivity index (χ4n) is 2.78. The molecule has 1 N–H and O–H groups in total. The summed E-state index contributed by atoms with van der Waals surface area (Å²) in [6.07, 6.45) is 11.2. The molecule has 1 aliphatic carbocycles. The van der Waals surface area contributed by atoms with E-state index in [4.69, 9.17) is 0 Å². The SMILES string of the molecule is Cn1cnc(/C=C/C(=O)N(Cc2nn[nH]n2)C2CCCC2)c1. The van der Waals surface area contributed by atoms with E-state index in [1.807, 2.05) is 22.7 Å². The average molecular weight is 301 g/mol. The van der Waals surface area contributed by atoms with Crippen LogP contribution in [0.15, 0.2) is 18.6 Å². The summed E-state index contributed by atoms with van der Waals surface area (Å²) < 4.78 is 1.85. The maximum absolute atomic E-state index is 12.6. The zero-order valence-corrected chi connectivity index (χ0v) is 12.5. The predicted molar refractivity (Wildman–Crippen MR) is 79.2 cm³/mol. The number of carbonyl (C=O) groups excluding carboxylic acids is 1. The lowest BCUT2D eigenvalue weighted by atomic mass is 10.2. The van der Waals surface area contributed by atoms with Gasteiger partial charge in [0.15, 0.2) is 5.82 Å². The number of aryl methyl sites for hydroxylation is 1. The highest BCUT2D eigenvalue weighted by Crippen LogP contribution is 2.24. The number of hydrogen-bond donors (Lipinski definition) is 1. The quantitative estimate of drug-likeness (QED) is 0.829. The number of aromatic amines is 1. The minimum Gasteiger partial charge on any atom is -0.340 e. The van der Waals surface area contributed by atoms with Crippen molar-refractivity contribution in [1.82, 2.24) is 35.1 Å². The minimum absolute atomic E-state index is 0.0395. The third-order valence-electron chi connectivity index (χ3n) is 3.87. The number of nitrogens with one attached hydrogen (secondary N) is 1. The van der Waals surface area contributed by atoms with Crippen molar-refractivity contribution in [1.29, 1.82) is 0 Å². The van der Waals surface area contributed by atoms with Gasteiger partial charge < -0.3 is 9.47 Å². The molecule has 1 saturated carbocycles. The third-order valence-corrected chi connectivity index (χ3v) is 3.87. The van der Waals surface area contributed by atoms with Crippen LogP contribution in [0.3, 0.4) is 0 Å². The normalized spacial score (nSPS) is 15.7. The molecule has 1 fully saturated rings. The van der Waals surface area contributed by atoms with Crippen LogP contribution in [-0.2, 0) is 18.4 Å². The summed E-state index contributed by atoms with van der Waals surface area (Å²) >= 11 is 0. The van der Waals surface area contributed by atoms with Crippen LogP contribution in [-0.4, -0.2) is 47.0 Å². The highest BCUT2D eigenvalue weighted by atomic mass is 16.2. The zero-order chi connectivity index (χ0) is 15.4. The van der Waals surface area contributed by atoms with Crippen LogP contribution in [0, 0.1) is 0 Å². The molecule has 0 aliphatic heterocycles. The highest BCUT2D eigenvalue weighted by Gasteiger charge is 2.26. The molecule has 2 aromatic rings. The van der Waals surface area contributed by atoms with Crippen LogP contribution in [0.4, 0.5) is 0 Å². The van der Waals surface area contributed by atoms with E-state index >= 15 is 0 Å². The molecule has 0 spiro atoms. The van der Waals surface area contributed by atoms with E-state index in [9.17, 15) is 4.79 Å². The summed E-state index contributed by atoms with van der Waals surface area (Å²) in [6.45, 7) is 0.382. The van der Waals surface area contributed by atoms with E-state index in [0.29, 0.717) is 12.4 Å². The molecule has 8 heteroatoms. The number of amides is 1. The molecule has 116 valence electrons. The molecule has 1 aliphatic rings. The first kappa shape index (κ1) is 14.4. The fourth-order valence-corrected chi connectivity index (χ4v) is 2.78. The monoisotopic (exact) mass is 301 g/mol. The molecule has 3 rings (SSSR count). The zero-order valence-electron chi connectivity index (χ0n) is 12.5. The number of rotatable bonds is 5. The van der Waals surface area contributed by atoms with Crippen LogP contribution in [0.1, 0.15) is 37.2 Å². The van der Waals surface area contributed by atoms with Crippen LogP contribution in [0.25, 0.3) is 6.08 Å². The lowest BCUT2D eigenvalue weighted by molar-refractivity contribution is -0.128. The Labute approximate surface area is 128 Å². The van der Waals surface area contributed by atoms with E-state index < -0.39 is 0 Å². The van der Waals surface area contributed by atoms with E-state index in [1.165, 1.54) is 0 Å². The number of imidazole rings is 1. The number of hydrogen-bond acceptors (Lipinski definition) is 5. The molecule has 22 heavy (non-hydrogen) atoms. The van der Waals surface area contributed by atoms with Gasteiger partial charge >= 0.3 is 0 Å². The molecule has 2 aromatic heterocycles. The van der Waals surface area contributed by atoms with Crippen LogP contribution >= 0.6 is 0 Å². The Morgan fingerprint density at radius 2 is 2.32 bits per heavy atom. The molecule has 0 aromatic carbocycles. The van der Waals surface area contributed by atoms with Gasteiger partial charge in [0.05, 0.1) is 18.6 Å². The van der Waals surface area contributed by atoms with Gasteiger partial charge in [0.25, 0.3) is 0 Å². The second-order valence-electron chi connectivity index (χ2n) is 5.53. The molecular formula is C14H19N7O. The van der Waals surface area contributed by atoms with Gasteiger partial charge in [0, 0.05) is 25.4 Å². The lowest BCUT2D eigenvalue weighted by Crippen LogP contribution is -2.37. The van der Waals surface area contributed by atoms with E-state index in [-0.39, 0.29) is 11.9 Å². The van der Waals surface area contributed by atoms with Crippen molar-refractivity contribution >= 4 is 12.0 Å². The number of tetrazole rings is 1. The van der Waals surface area contributed by atoms with E-state index in [2.05, 4.69) is 25.6 Å². The number of carbonyl (C=O) groups is 1. The number of H-pyrrole nitrogens is 1. The van der Waals surface area contributed by atoms with Crippen LogP contribution in [0.2, 0.25) is 0 Å². The Hall–Kier alpha value is -2.51. The van der Waals surface area contributed by atoms with Crippen molar-refractivity contribution in [2.45, 2.75) is 38.3 Å². The summed E-state index contributed by atoms with van der Waals surface area (Å²) in [7, 11) is 1.90. The molecular weight excluding hydrogens is 282 g/mol. The first-order valence-corrected chi connectivity index (χ1v) is 7.41.